The van der Waals surface area contributed by atoms with Crippen molar-refractivity contribution in [1.82, 2.24) is 4.90 Å². The Kier molecular flexibility index (Phi) is 3.64. The molecule has 8 nitrogen and oxygen atoms in total. The number of amides is 3. The zero-order valence-electron chi connectivity index (χ0n) is 14.0. The van der Waals surface area contributed by atoms with Crippen molar-refractivity contribution in [3.63, 3.8) is 0 Å². The predicted octanol–water partition coefficient (Wildman–Crippen LogP) is 1.65. The van der Waals surface area contributed by atoms with Crippen LogP contribution in [-0.2, 0) is 14.4 Å². The van der Waals surface area contributed by atoms with Crippen molar-refractivity contribution in [2.24, 2.45) is 23.7 Å². The first-order valence-corrected chi connectivity index (χ1v) is 8.45. The summed E-state index contributed by atoms with van der Waals surface area (Å²) in [6.45, 7) is 1.31. The topological polar surface area (TPSA) is 110 Å². The third kappa shape index (κ3) is 2.40. The summed E-state index contributed by atoms with van der Waals surface area (Å²) in [4.78, 5) is 48.8. The molecule has 8 heteroatoms. The Morgan fingerprint density at radius 2 is 1.85 bits per heavy atom. The first-order chi connectivity index (χ1) is 12.4. The van der Waals surface area contributed by atoms with Crippen molar-refractivity contribution >= 4 is 29.1 Å². The minimum absolute atomic E-state index is 0.0683. The molecule has 0 radical (unpaired) electrons. The molecule has 4 rings (SSSR count). The molecule has 1 aliphatic heterocycles. The number of benzene rings is 1. The second-order valence-corrected chi connectivity index (χ2v) is 7.07. The van der Waals surface area contributed by atoms with Crippen LogP contribution in [-0.4, -0.2) is 34.1 Å². The fourth-order valence-electron chi connectivity index (χ4n) is 4.35. The van der Waals surface area contributed by atoms with Gasteiger partial charge in [0, 0.05) is 17.8 Å². The van der Waals surface area contributed by atoms with Gasteiger partial charge in [-0.1, -0.05) is 12.2 Å². The van der Waals surface area contributed by atoms with Crippen LogP contribution in [0.25, 0.3) is 0 Å². The maximum atomic E-state index is 12.6. The van der Waals surface area contributed by atoms with Crippen LogP contribution in [0.5, 0.6) is 0 Å². The lowest BCUT2D eigenvalue weighted by Crippen LogP contribution is -2.39. The number of fused-ring (bicyclic) bond motifs is 5. The molecule has 134 valence electrons. The van der Waals surface area contributed by atoms with Gasteiger partial charge < -0.3 is 5.32 Å². The Balaban J connectivity index is 1.45. The summed E-state index contributed by atoms with van der Waals surface area (Å²) in [5, 5.41) is 13.4. The summed E-state index contributed by atoms with van der Waals surface area (Å²) in [6, 6.07) is 4.09. The highest BCUT2D eigenvalue weighted by Crippen LogP contribution is 2.52. The average molecular weight is 355 g/mol. The van der Waals surface area contributed by atoms with Crippen LogP contribution >= 0.6 is 0 Å². The number of non-ortho nitro benzene ring substituents is 1. The molecule has 2 bridgehead atoms. The number of allylic oxidation sites excluding steroid dienone is 2. The van der Waals surface area contributed by atoms with Crippen molar-refractivity contribution in [3.8, 4) is 0 Å². The molecule has 3 aliphatic rings. The molecule has 2 fully saturated rings. The van der Waals surface area contributed by atoms with Crippen LogP contribution in [0, 0.1) is 40.7 Å². The lowest BCUT2D eigenvalue weighted by molar-refractivity contribution is -0.384. The Hall–Kier alpha value is -3.03. The quantitative estimate of drug-likeness (QED) is 0.382. The normalized spacial score (nSPS) is 28.6. The largest absolute Gasteiger partial charge is 0.324 e. The van der Waals surface area contributed by atoms with Crippen molar-refractivity contribution in [2.45, 2.75) is 13.3 Å². The molecule has 3 amide bonds. The molecule has 0 aromatic heterocycles. The van der Waals surface area contributed by atoms with Gasteiger partial charge in [-0.25, -0.2) is 0 Å². The first kappa shape index (κ1) is 16.4. The highest BCUT2D eigenvalue weighted by Gasteiger charge is 2.59. The number of likely N-dealkylation sites (tertiary alicyclic amines) is 1. The monoisotopic (exact) mass is 355 g/mol. The number of nitrogens with zero attached hydrogens (tertiary/aromatic N) is 2. The fraction of sp³-hybridized carbons (Fsp3) is 0.389. The van der Waals surface area contributed by atoms with Crippen molar-refractivity contribution in [3.05, 3.63) is 46.0 Å². The summed E-state index contributed by atoms with van der Waals surface area (Å²) in [5.74, 6) is -1.49. The molecule has 0 spiro atoms. The van der Waals surface area contributed by atoms with E-state index in [1.165, 1.54) is 18.2 Å². The van der Waals surface area contributed by atoms with E-state index in [-0.39, 0.29) is 47.7 Å². The van der Waals surface area contributed by atoms with E-state index in [2.05, 4.69) is 5.32 Å². The van der Waals surface area contributed by atoms with Gasteiger partial charge in [0.15, 0.2) is 0 Å². The molecule has 2 aliphatic carbocycles. The number of rotatable bonds is 4. The Labute approximate surface area is 149 Å². The number of carbonyl (C=O) groups is 3. The van der Waals surface area contributed by atoms with Gasteiger partial charge in [-0.3, -0.25) is 29.4 Å². The molecule has 1 aromatic carbocycles. The maximum absolute atomic E-state index is 12.6. The van der Waals surface area contributed by atoms with E-state index in [4.69, 9.17) is 0 Å². The van der Waals surface area contributed by atoms with Crippen LogP contribution in [0.3, 0.4) is 0 Å². The Morgan fingerprint density at radius 3 is 2.38 bits per heavy atom. The number of hydrogen-bond acceptors (Lipinski definition) is 5. The number of hydrogen-bond donors (Lipinski definition) is 1. The SMILES string of the molecule is Cc1cc([N+](=O)[O-])ccc1NC(=O)CN1C(=O)[C@@H]2[C@@H](C1=O)[C@@H]1C=C[C@@H]2C1. The van der Waals surface area contributed by atoms with E-state index in [0.29, 0.717) is 11.3 Å². The number of aryl methyl sites for hydroxylation is 1. The summed E-state index contributed by atoms with van der Waals surface area (Å²) in [5.41, 5.74) is 0.883. The predicted molar refractivity (Wildman–Crippen MR) is 90.9 cm³/mol. The number of nitro groups is 1. The number of carbonyl (C=O) groups excluding carboxylic acids is 3. The molecule has 1 saturated heterocycles. The first-order valence-electron chi connectivity index (χ1n) is 8.45. The molecule has 1 saturated carbocycles. The highest BCUT2D eigenvalue weighted by molar-refractivity contribution is 6.09. The number of nitro benzene ring substituents is 1. The molecule has 26 heavy (non-hydrogen) atoms. The molecular weight excluding hydrogens is 338 g/mol. The Bertz CT molecular complexity index is 848. The number of nitrogens with one attached hydrogen (secondary N) is 1. The molecule has 1 N–H and O–H groups in total. The van der Waals surface area contributed by atoms with E-state index < -0.39 is 10.8 Å². The van der Waals surface area contributed by atoms with Gasteiger partial charge in [-0.2, -0.15) is 0 Å². The van der Waals surface area contributed by atoms with E-state index >= 15 is 0 Å². The number of imide groups is 1. The van der Waals surface area contributed by atoms with Gasteiger partial charge in [0.05, 0.1) is 16.8 Å². The molecule has 0 unspecified atom stereocenters. The minimum atomic E-state index is -0.513. The molecule has 4 atom stereocenters. The lowest BCUT2D eigenvalue weighted by atomic mass is 9.85. The Morgan fingerprint density at radius 1 is 1.23 bits per heavy atom. The average Bonchev–Trinajstić information content (AvgIpc) is 3.26. The van der Waals surface area contributed by atoms with E-state index in [1.54, 1.807) is 6.92 Å². The van der Waals surface area contributed by atoms with Crippen LogP contribution in [0.4, 0.5) is 11.4 Å². The second kappa shape index (κ2) is 5.76. The standard InChI is InChI=1S/C18H17N3O5/c1-9-6-12(21(25)26)4-5-13(9)19-14(22)8-20-17(23)15-10-2-3-11(7-10)16(15)18(20)24/h2-6,10-11,15-16H,7-8H2,1H3,(H,19,22)/t10-,11-,15+,16+/m1/s1. The van der Waals surface area contributed by atoms with Crippen molar-refractivity contribution in [1.29, 1.82) is 0 Å². The van der Waals surface area contributed by atoms with Gasteiger partial charge in [0.1, 0.15) is 6.54 Å². The van der Waals surface area contributed by atoms with Gasteiger partial charge >= 0.3 is 0 Å². The van der Waals surface area contributed by atoms with Crippen LogP contribution < -0.4 is 5.32 Å². The van der Waals surface area contributed by atoms with E-state index in [0.717, 1.165) is 11.3 Å². The van der Waals surface area contributed by atoms with Crippen molar-refractivity contribution < 1.29 is 19.3 Å². The molecule has 1 aromatic rings. The lowest BCUT2D eigenvalue weighted by Gasteiger charge is -2.17. The highest BCUT2D eigenvalue weighted by atomic mass is 16.6. The van der Waals surface area contributed by atoms with Crippen LogP contribution in [0.15, 0.2) is 30.4 Å². The molecule has 1 heterocycles. The van der Waals surface area contributed by atoms with Gasteiger partial charge in [0.2, 0.25) is 17.7 Å². The number of anilines is 1. The van der Waals surface area contributed by atoms with Crippen LogP contribution in [0.2, 0.25) is 0 Å². The minimum Gasteiger partial charge on any atom is -0.324 e. The van der Waals surface area contributed by atoms with Crippen LogP contribution in [0.1, 0.15) is 12.0 Å². The van der Waals surface area contributed by atoms with Crippen molar-refractivity contribution in [2.75, 3.05) is 11.9 Å². The maximum Gasteiger partial charge on any atom is 0.269 e. The third-order valence-electron chi connectivity index (χ3n) is 5.56. The summed E-state index contributed by atoms with van der Waals surface area (Å²) >= 11 is 0. The summed E-state index contributed by atoms with van der Waals surface area (Å²) in [7, 11) is 0. The zero-order chi connectivity index (χ0) is 18.6. The second-order valence-electron chi connectivity index (χ2n) is 7.07. The van der Waals surface area contributed by atoms with Gasteiger partial charge in [0.25, 0.3) is 5.69 Å². The van der Waals surface area contributed by atoms with Gasteiger partial charge in [-0.05, 0) is 36.8 Å². The molecular formula is C18H17N3O5. The van der Waals surface area contributed by atoms with E-state index in [9.17, 15) is 24.5 Å². The van der Waals surface area contributed by atoms with Gasteiger partial charge in [-0.15, -0.1) is 0 Å². The van der Waals surface area contributed by atoms with E-state index in [1.807, 2.05) is 12.2 Å². The summed E-state index contributed by atoms with van der Waals surface area (Å²) < 4.78 is 0. The smallest absolute Gasteiger partial charge is 0.269 e. The third-order valence-corrected chi connectivity index (χ3v) is 5.56. The fourth-order valence-corrected chi connectivity index (χ4v) is 4.35. The zero-order valence-corrected chi connectivity index (χ0v) is 14.0. The summed E-state index contributed by atoms with van der Waals surface area (Å²) in [6.07, 6.45) is 4.84.